The number of hydrogen-bond acceptors (Lipinski definition) is 4. The van der Waals surface area contributed by atoms with Gasteiger partial charge in [0.15, 0.2) is 0 Å². The quantitative estimate of drug-likeness (QED) is 0.0365. The topological polar surface area (TPSA) is 89.8 Å². The Hall–Kier alpha value is -1.17. The Morgan fingerprint density at radius 2 is 0.714 bits per heavy atom. The van der Waals surface area contributed by atoms with E-state index in [1.807, 2.05) is 6.08 Å². The summed E-state index contributed by atoms with van der Waals surface area (Å²) in [7, 11) is 0. The first-order valence-corrected chi connectivity index (χ1v) is 25.2. The second-order valence-corrected chi connectivity index (χ2v) is 17.4. The van der Waals surface area contributed by atoms with E-state index in [2.05, 4.69) is 31.3 Å². The van der Waals surface area contributed by atoms with E-state index >= 15 is 0 Å². The molecule has 56 heavy (non-hydrogen) atoms. The molecule has 0 saturated heterocycles. The van der Waals surface area contributed by atoms with E-state index in [1.54, 1.807) is 6.08 Å². The third kappa shape index (κ3) is 41.0. The van der Waals surface area contributed by atoms with E-state index in [0.29, 0.717) is 6.42 Å². The largest absolute Gasteiger partial charge is 0.394 e. The summed E-state index contributed by atoms with van der Waals surface area (Å²) in [6, 6.07) is -0.796. The van der Waals surface area contributed by atoms with Crippen LogP contribution in [0, 0.1) is 0 Å². The van der Waals surface area contributed by atoms with Crippen LogP contribution in [-0.4, -0.2) is 46.1 Å². The van der Waals surface area contributed by atoms with Crippen LogP contribution in [0.15, 0.2) is 24.3 Å². The first-order chi connectivity index (χ1) is 27.6. The lowest BCUT2D eigenvalue weighted by molar-refractivity contribution is -0.131. The van der Waals surface area contributed by atoms with E-state index in [1.165, 1.54) is 218 Å². The molecular weight excluding hydrogens is 691 g/mol. The third-order valence-electron chi connectivity index (χ3n) is 11.8. The summed E-state index contributed by atoms with van der Waals surface area (Å²) in [6.07, 6.45) is 58.0. The van der Waals surface area contributed by atoms with Gasteiger partial charge in [-0.25, -0.2) is 0 Å². The van der Waals surface area contributed by atoms with Crippen LogP contribution < -0.4 is 5.32 Å². The molecule has 0 saturated carbocycles. The van der Waals surface area contributed by atoms with Gasteiger partial charge < -0.3 is 20.6 Å². The summed E-state index contributed by atoms with van der Waals surface area (Å²) in [5.74, 6) is -0.501. The van der Waals surface area contributed by atoms with Crippen molar-refractivity contribution in [3.8, 4) is 0 Å². The van der Waals surface area contributed by atoms with Gasteiger partial charge in [0.05, 0.1) is 18.8 Å². The van der Waals surface area contributed by atoms with Gasteiger partial charge in [-0.05, 0) is 44.9 Å². The average Bonchev–Trinajstić information content (AvgIpc) is 3.20. The Morgan fingerprint density at radius 1 is 0.429 bits per heavy atom. The van der Waals surface area contributed by atoms with Gasteiger partial charge in [-0.2, -0.15) is 0 Å². The van der Waals surface area contributed by atoms with Crippen molar-refractivity contribution < 1.29 is 20.1 Å². The highest BCUT2D eigenvalue weighted by molar-refractivity contribution is 5.80. The summed E-state index contributed by atoms with van der Waals surface area (Å²) in [4.78, 5) is 12.5. The molecule has 3 atom stereocenters. The third-order valence-corrected chi connectivity index (χ3v) is 11.8. The van der Waals surface area contributed by atoms with E-state index in [0.717, 1.165) is 32.1 Å². The SMILES string of the molecule is CCCCCCCCCCCCCC/C=C\CCCCCCCCCCCCC(O)C(=O)NC(CO)C(O)/C=C/CCCCCCCCCCCCCCCC. The molecule has 0 aromatic carbocycles. The molecule has 4 N–H and O–H groups in total. The lowest BCUT2D eigenvalue weighted by Crippen LogP contribution is -2.48. The van der Waals surface area contributed by atoms with Crippen molar-refractivity contribution in [2.75, 3.05) is 6.61 Å². The standard InChI is InChI=1S/C51H99NO4/c1-3-5-7-9-11-13-15-17-19-21-22-23-24-25-26-27-28-29-30-32-34-36-38-40-42-44-46-50(55)51(56)52-48(47-53)49(54)45-43-41-39-37-35-33-31-20-18-16-14-12-10-8-6-4-2/h25-26,43,45,48-50,53-55H,3-24,27-42,44,46-47H2,1-2H3,(H,52,56)/b26-25-,45-43+. The molecule has 0 spiro atoms. The van der Waals surface area contributed by atoms with Crippen LogP contribution in [0.25, 0.3) is 0 Å². The molecule has 0 radical (unpaired) electrons. The molecule has 0 bridgehead atoms. The Kier molecular flexibility index (Phi) is 45.5. The van der Waals surface area contributed by atoms with Gasteiger partial charge in [0.2, 0.25) is 5.91 Å². The van der Waals surface area contributed by atoms with Crippen LogP contribution in [0.1, 0.15) is 271 Å². The minimum absolute atomic E-state index is 0.362. The number of hydrogen-bond donors (Lipinski definition) is 4. The molecule has 0 aromatic rings. The van der Waals surface area contributed by atoms with Gasteiger partial charge in [-0.15, -0.1) is 0 Å². The number of amides is 1. The highest BCUT2D eigenvalue weighted by Gasteiger charge is 2.22. The molecule has 5 heteroatoms. The fourth-order valence-electron chi connectivity index (χ4n) is 7.83. The molecule has 0 aliphatic carbocycles. The van der Waals surface area contributed by atoms with Crippen molar-refractivity contribution in [2.45, 2.75) is 289 Å². The van der Waals surface area contributed by atoms with Crippen LogP contribution >= 0.6 is 0 Å². The molecule has 1 amide bonds. The number of carbonyl (C=O) groups excluding carboxylic acids is 1. The van der Waals surface area contributed by atoms with Gasteiger partial charge >= 0.3 is 0 Å². The van der Waals surface area contributed by atoms with Crippen LogP contribution in [0.4, 0.5) is 0 Å². The molecule has 5 nitrogen and oxygen atoms in total. The van der Waals surface area contributed by atoms with E-state index in [9.17, 15) is 20.1 Å². The highest BCUT2D eigenvalue weighted by Crippen LogP contribution is 2.16. The maximum Gasteiger partial charge on any atom is 0.249 e. The number of nitrogens with one attached hydrogen (secondary N) is 1. The Morgan fingerprint density at radius 3 is 1.04 bits per heavy atom. The summed E-state index contributed by atoms with van der Waals surface area (Å²) >= 11 is 0. The van der Waals surface area contributed by atoms with Gasteiger partial charge in [-0.1, -0.05) is 250 Å². The van der Waals surface area contributed by atoms with Gasteiger partial charge in [0.25, 0.3) is 0 Å². The van der Waals surface area contributed by atoms with E-state index < -0.39 is 24.2 Å². The van der Waals surface area contributed by atoms with Crippen LogP contribution in [0.3, 0.4) is 0 Å². The van der Waals surface area contributed by atoms with Crippen molar-refractivity contribution in [1.82, 2.24) is 5.32 Å². The second-order valence-electron chi connectivity index (χ2n) is 17.4. The number of aliphatic hydroxyl groups excluding tert-OH is 3. The number of aliphatic hydroxyl groups is 3. The van der Waals surface area contributed by atoms with Gasteiger partial charge in [0.1, 0.15) is 6.10 Å². The molecule has 0 rings (SSSR count). The van der Waals surface area contributed by atoms with Crippen molar-refractivity contribution in [1.29, 1.82) is 0 Å². The molecule has 0 fully saturated rings. The number of allylic oxidation sites excluding steroid dienone is 3. The zero-order valence-electron chi connectivity index (χ0n) is 37.8. The van der Waals surface area contributed by atoms with Crippen molar-refractivity contribution in [3.05, 3.63) is 24.3 Å². The molecule has 0 heterocycles. The number of carbonyl (C=O) groups is 1. The normalized spacial score (nSPS) is 13.6. The maximum atomic E-state index is 12.5. The monoisotopic (exact) mass is 790 g/mol. The second kappa shape index (κ2) is 46.5. The van der Waals surface area contributed by atoms with E-state index in [4.69, 9.17) is 0 Å². The molecule has 0 aliphatic rings. The highest BCUT2D eigenvalue weighted by atomic mass is 16.3. The smallest absolute Gasteiger partial charge is 0.249 e. The molecule has 3 unspecified atom stereocenters. The Labute approximate surface area is 350 Å². The zero-order chi connectivity index (χ0) is 40.8. The lowest BCUT2D eigenvalue weighted by Gasteiger charge is -2.21. The van der Waals surface area contributed by atoms with E-state index in [-0.39, 0.29) is 6.61 Å². The predicted molar refractivity (Wildman–Crippen MR) is 245 cm³/mol. The fourth-order valence-corrected chi connectivity index (χ4v) is 7.83. The van der Waals surface area contributed by atoms with Crippen LogP contribution in [-0.2, 0) is 4.79 Å². The first kappa shape index (κ1) is 54.8. The Bertz CT molecular complexity index is 829. The summed E-state index contributed by atoms with van der Waals surface area (Å²) in [5, 5.41) is 33.2. The zero-order valence-corrected chi connectivity index (χ0v) is 37.8. The number of unbranched alkanes of at least 4 members (excludes halogenated alkanes) is 36. The van der Waals surface area contributed by atoms with Crippen LogP contribution in [0.5, 0.6) is 0 Å². The van der Waals surface area contributed by atoms with Gasteiger partial charge in [-0.3, -0.25) is 4.79 Å². The van der Waals surface area contributed by atoms with Crippen molar-refractivity contribution in [2.24, 2.45) is 0 Å². The molecule has 0 aliphatic heterocycles. The summed E-state index contributed by atoms with van der Waals surface area (Å²) in [5.41, 5.74) is 0. The lowest BCUT2D eigenvalue weighted by atomic mass is 10.0. The molecule has 332 valence electrons. The van der Waals surface area contributed by atoms with Crippen molar-refractivity contribution >= 4 is 5.91 Å². The minimum atomic E-state index is -1.10. The fraction of sp³-hybridized carbons (Fsp3) is 0.902. The van der Waals surface area contributed by atoms with Gasteiger partial charge in [0, 0.05) is 0 Å². The predicted octanol–water partition coefficient (Wildman–Crippen LogP) is 14.9. The summed E-state index contributed by atoms with van der Waals surface area (Å²) < 4.78 is 0. The number of rotatable bonds is 46. The molecular formula is C51H99NO4. The molecule has 0 aromatic heterocycles. The first-order valence-electron chi connectivity index (χ1n) is 25.2. The maximum absolute atomic E-state index is 12.5. The summed E-state index contributed by atoms with van der Waals surface area (Å²) in [6.45, 7) is 4.20. The Balaban J connectivity index is 3.59. The minimum Gasteiger partial charge on any atom is -0.394 e. The average molecular weight is 790 g/mol. The van der Waals surface area contributed by atoms with Crippen LogP contribution in [0.2, 0.25) is 0 Å². The van der Waals surface area contributed by atoms with Crippen molar-refractivity contribution in [3.63, 3.8) is 0 Å².